The number of fused-ring (bicyclic) bond motifs is 1. The van der Waals surface area contributed by atoms with Gasteiger partial charge in [-0.15, -0.1) is 24.8 Å². The third-order valence-corrected chi connectivity index (χ3v) is 5.55. The maximum absolute atomic E-state index is 13.4. The van der Waals surface area contributed by atoms with Gasteiger partial charge in [0.25, 0.3) is 0 Å². The van der Waals surface area contributed by atoms with Crippen molar-refractivity contribution in [2.45, 2.75) is 24.9 Å². The summed E-state index contributed by atoms with van der Waals surface area (Å²) in [4.78, 5) is 15.8. The van der Waals surface area contributed by atoms with Crippen molar-refractivity contribution in [2.75, 3.05) is 26.2 Å². The fraction of sp³-hybridized carbons (Fsp3) is 0.381. The molecule has 1 amide bonds. The first-order valence-electron chi connectivity index (χ1n) is 9.17. The van der Waals surface area contributed by atoms with Gasteiger partial charge in [-0.25, -0.2) is 0 Å². The van der Waals surface area contributed by atoms with Gasteiger partial charge in [0, 0.05) is 32.7 Å². The highest BCUT2D eigenvalue weighted by molar-refractivity contribution is 5.89. The Kier molecular flexibility index (Phi) is 7.68. The highest BCUT2D eigenvalue weighted by Crippen LogP contribution is 2.42. The van der Waals surface area contributed by atoms with E-state index in [1.807, 2.05) is 18.2 Å². The van der Waals surface area contributed by atoms with Gasteiger partial charge >= 0.3 is 0 Å². The van der Waals surface area contributed by atoms with Gasteiger partial charge in [0.2, 0.25) is 5.91 Å². The van der Waals surface area contributed by atoms with Crippen LogP contribution in [0.25, 0.3) is 0 Å². The summed E-state index contributed by atoms with van der Waals surface area (Å²) in [7, 11) is 0. The zero-order valence-electron chi connectivity index (χ0n) is 15.3. The average Bonchev–Trinajstić information content (AvgIpc) is 3.08. The monoisotopic (exact) mass is 407 g/mol. The molecule has 1 fully saturated rings. The molecule has 6 heteroatoms. The number of carbonyl (C=O) groups excluding carboxylic acids is 1. The van der Waals surface area contributed by atoms with E-state index in [1.54, 1.807) is 0 Å². The van der Waals surface area contributed by atoms with E-state index >= 15 is 0 Å². The number of halogens is 2. The van der Waals surface area contributed by atoms with Crippen molar-refractivity contribution in [2.24, 2.45) is 0 Å². The number of amides is 1. The molecule has 2 N–H and O–H groups in total. The van der Waals surface area contributed by atoms with Crippen molar-refractivity contribution in [1.82, 2.24) is 15.5 Å². The van der Waals surface area contributed by atoms with Gasteiger partial charge < -0.3 is 10.6 Å². The van der Waals surface area contributed by atoms with E-state index in [0.29, 0.717) is 6.54 Å². The summed E-state index contributed by atoms with van der Waals surface area (Å²) in [5, 5.41) is 6.62. The van der Waals surface area contributed by atoms with E-state index < -0.39 is 5.54 Å². The normalized spacial score (nSPS) is 21.5. The molecule has 4 nitrogen and oxygen atoms in total. The summed E-state index contributed by atoms with van der Waals surface area (Å²) < 4.78 is 0. The third-order valence-electron chi connectivity index (χ3n) is 5.55. The molecule has 1 unspecified atom stereocenters. The molecule has 1 atom stereocenters. The Bertz CT molecular complexity index is 750. The second kappa shape index (κ2) is 9.56. The lowest BCUT2D eigenvalue weighted by Crippen LogP contribution is -2.60. The smallest absolute Gasteiger partial charge is 0.245 e. The Balaban J connectivity index is 0.00000131. The number of nitrogens with one attached hydrogen (secondary N) is 2. The van der Waals surface area contributed by atoms with Gasteiger partial charge in [0.05, 0.1) is 0 Å². The number of rotatable bonds is 4. The molecule has 2 aliphatic rings. The third kappa shape index (κ3) is 4.14. The molecule has 0 radical (unpaired) electrons. The molecule has 0 spiro atoms. The maximum Gasteiger partial charge on any atom is 0.245 e. The lowest BCUT2D eigenvalue weighted by Gasteiger charge is -2.43. The van der Waals surface area contributed by atoms with Gasteiger partial charge in [0.1, 0.15) is 5.54 Å². The Morgan fingerprint density at radius 1 is 1.00 bits per heavy atom. The average molecular weight is 408 g/mol. The SMILES string of the molecule is Cl.Cl.O=C(NCc1ccccc1)C1(N2CCNCC2)CCc2ccccc21. The number of piperazine rings is 1. The second-order valence-electron chi connectivity index (χ2n) is 6.92. The van der Waals surface area contributed by atoms with E-state index in [2.05, 4.69) is 51.9 Å². The molecule has 1 heterocycles. The van der Waals surface area contributed by atoms with Crippen molar-refractivity contribution in [1.29, 1.82) is 0 Å². The second-order valence-corrected chi connectivity index (χ2v) is 6.92. The van der Waals surface area contributed by atoms with Crippen LogP contribution in [0.15, 0.2) is 54.6 Å². The van der Waals surface area contributed by atoms with Crippen LogP contribution in [0.3, 0.4) is 0 Å². The minimum absolute atomic E-state index is 0. The molecule has 0 saturated carbocycles. The van der Waals surface area contributed by atoms with Gasteiger partial charge in [-0.2, -0.15) is 0 Å². The van der Waals surface area contributed by atoms with Gasteiger partial charge in [-0.05, 0) is 29.5 Å². The molecule has 1 saturated heterocycles. The summed E-state index contributed by atoms with van der Waals surface area (Å²) in [5.74, 6) is 0.142. The number of carbonyl (C=O) groups is 1. The van der Waals surface area contributed by atoms with Crippen LogP contribution in [0.2, 0.25) is 0 Å². The number of nitrogens with zero attached hydrogens (tertiary/aromatic N) is 1. The van der Waals surface area contributed by atoms with Crippen molar-refractivity contribution in [3.05, 3.63) is 71.3 Å². The summed E-state index contributed by atoms with van der Waals surface area (Å²) in [6.45, 7) is 4.28. The predicted octanol–water partition coefficient (Wildman–Crippen LogP) is 2.89. The predicted molar refractivity (Wildman–Crippen MR) is 114 cm³/mol. The van der Waals surface area contributed by atoms with Crippen LogP contribution in [-0.2, 0) is 23.3 Å². The Morgan fingerprint density at radius 2 is 1.67 bits per heavy atom. The lowest BCUT2D eigenvalue weighted by molar-refractivity contribution is -0.135. The topological polar surface area (TPSA) is 44.4 Å². The Morgan fingerprint density at radius 3 is 2.41 bits per heavy atom. The molecule has 1 aliphatic carbocycles. The molecule has 0 bridgehead atoms. The highest BCUT2D eigenvalue weighted by Gasteiger charge is 2.49. The molecule has 4 rings (SSSR count). The standard InChI is InChI=1S/C21H25N3O.2ClH/c25-20(23-16-17-6-2-1-3-7-17)21(24-14-12-22-13-15-24)11-10-18-8-4-5-9-19(18)21;;/h1-9,22H,10-16H2,(H,23,25);2*1H. The van der Waals surface area contributed by atoms with Crippen molar-refractivity contribution in [3.63, 3.8) is 0 Å². The lowest BCUT2D eigenvalue weighted by atomic mass is 9.87. The van der Waals surface area contributed by atoms with E-state index in [1.165, 1.54) is 11.1 Å². The molecule has 146 valence electrons. The van der Waals surface area contributed by atoms with E-state index in [9.17, 15) is 4.79 Å². The van der Waals surface area contributed by atoms with Crippen molar-refractivity contribution >= 4 is 30.7 Å². The summed E-state index contributed by atoms with van der Waals surface area (Å²) >= 11 is 0. The highest BCUT2D eigenvalue weighted by atomic mass is 35.5. The Labute approximate surface area is 173 Å². The molecule has 1 aliphatic heterocycles. The van der Waals surface area contributed by atoms with Gasteiger partial charge in [-0.3, -0.25) is 9.69 Å². The van der Waals surface area contributed by atoms with E-state index in [0.717, 1.165) is 44.6 Å². The minimum Gasteiger partial charge on any atom is -0.350 e. The van der Waals surface area contributed by atoms with Crippen LogP contribution in [-0.4, -0.2) is 37.0 Å². The van der Waals surface area contributed by atoms with Crippen LogP contribution >= 0.6 is 24.8 Å². The first-order valence-corrected chi connectivity index (χ1v) is 9.17. The van der Waals surface area contributed by atoms with Crippen LogP contribution in [0.1, 0.15) is 23.1 Å². The molecular formula is C21H27Cl2N3O. The van der Waals surface area contributed by atoms with Crippen molar-refractivity contribution in [3.8, 4) is 0 Å². The number of hydrogen-bond acceptors (Lipinski definition) is 3. The zero-order valence-corrected chi connectivity index (χ0v) is 17.0. The van der Waals surface area contributed by atoms with Gasteiger partial charge in [0.15, 0.2) is 0 Å². The van der Waals surface area contributed by atoms with Crippen LogP contribution in [0.5, 0.6) is 0 Å². The molecule has 0 aromatic heterocycles. The van der Waals surface area contributed by atoms with Crippen molar-refractivity contribution < 1.29 is 4.79 Å². The van der Waals surface area contributed by atoms with Crippen LogP contribution in [0, 0.1) is 0 Å². The van der Waals surface area contributed by atoms with E-state index in [-0.39, 0.29) is 30.7 Å². The fourth-order valence-electron chi connectivity index (χ4n) is 4.27. The summed E-state index contributed by atoms with van der Waals surface area (Å²) in [6.07, 6.45) is 1.84. The van der Waals surface area contributed by atoms with Gasteiger partial charge in [-0.1, -0.05) is 54.6 Å². The molecule has 2 aromatic rings. The minimum atomic E-state index is -0.520. The summed E-state index contributed by atoms with van der Waals surface area (Å²) in [5.41, 5.74) is 3.13. The number of benzene rings is 2. The largest absolute Gasteiger partial charge is 0.350 e. The fourth-order valence-corrected chi connectivity index (χ4v) is 4.27. The summed E-state index contributed by atoms with van der Waals surface area (Å²) in [6, 6.07) is 18.6. The molecular weight excluding hydrogens is 381 g/mol. The number of hydrogen-bond donors (Lipinski definition) is 2. The first-order chi connectivity index (χ1) is 12.3. The molecule has 2 aromatic carbocycles. The first kappa shape index (κ1) is 21.7. The molecule has 27 heavy (non-hydrogen) atoms. The number of aryl methyl sites for hydroxylation is 1. The maximum atomic E-state index is 13.4. The van der Waals surface area contributed by atoms with Crippen LogP contribution < -0.4 is 10.6 Å². The quantitative estimate of drug-likeness (QED) is 0.818. The Hall–Kier alpha value is -1.59. The van der Waals surface area contributed by atoms with E-state index in [4.69, 9.17) is 0 Å². The zero-order chi connectivity index (χ0) is 17.1. The van der Waals surface area contributed by atoms with Crippen LogP contribution in [0.4, 0.5) is 0 Å².